The van der Waals surface area contributed by atoms with Crippen molar-refractivity contribution in [3.63, 3.8) is 0 Å². The third-order valence-corrected chi connectivity index (χ3v) is 5.11. The molecule has 3 aromatic heterocycles. The normalized spacial score (nSPS) is 14.8. The summed E-state index contributed by atoms with van der Waals surface area (Å²) in [5.41, 5.74) is 3.46. The third kappa shape index (κ3) is 3.87. The zero-order valence-electron chi connectivity index (χ0n) is 16.1. The summed E-state index contributed by atoms with van der Waals surface area (Å²) in [6, 6.07) is 5.75. The van der Waals surface area contributed by atoms with Crippen LogP contribution in [0.4, 0.5) is 5.82 Å². The standard InChI is InChI=1S/C22H24N4O2/c1-3-4-20(27)19-7-13(2)17(12-24-19)18-8-15-11-25-21(9-16(15)10-23-18)26-22(28)14-5-6-14/h7-12,14,20,27H,3-6H2,1-2H3,(H,25,26,28)/t20-/m1/s1. The average Bonchev–Trinajstić information content (AvgIpc) is 3.53. The first-order valence-electron chi connectivity index (χ1n) is 9.77. The average molecular weight is 376 g/mol. The Morgan fingerprint density at radius 1 is 1.14 bits per heavy atom. The Hall–Kier alpha value is -2.86. The van der Waals surface area contributed by atoms with Gasteiger partial charge in [0, 0.05) is 40.8 Å². The van der Waals surface area contributed by atoms with Crippen LogP contribution < -0.4 is 5.32 Å². The summed E-state index contributed by atoms with van der Waals surface area (Å²) < 4.78 is 0. The van der Waals surface area contributed by atoms with Gasteiger partial charge in [-0.15, -0.1) is 0 Å². The van der Waals surface area contributed by atoms with Crippen LogP contribution in [0.15, 0.2) is 36.8 Å². The molecule has 3 aromatic rings. The quantitative estimate of drug-likeness (QED) is 0.674. The third-order valence-electron chi connectivity index (χ3n) is 5.11. The molecule has 1 atom stereocenters. The predicted octanol–water partition coefficient (Wildman–Crippen LogP) is 4.18. The van der Waals surface area contributed by atoms with Crippen LogP contribution in [0, 0.1) is 12.8 Å². The summed E-state index contributed by atoms with van der Waals surface area (Å²) in [5.74, 6) is 0.752. The van der Waals surface area contributed by atoms with E-state index >= 15 is 0 Å². The zero-order valence-corrected chi connectivity index (χ0v) is 16.1. The molecule has 1 fully saturated rings. The lowest BCUT2D eigenvalue weighted by Gasteiger charge is -2.12. The maximum Gasteiger partial charge on any atom is 0.228 e. The van der Waals surface area contributed by atoms with Gasteiger partial charge in [0.2, 0.25) is 5.91 Å². The van der Waals surface area contributed by atoms with Crippen LogP contribution in [0.25, 0.3) is 22.0 Å². The second-order valence-electron chi connectivity index (χ2n) is 7.48. The van der Waals surface area contributed by atoms with Crippen molar-refractivity contribution in [1.29, 1.82) is 0 Å². The largest absolute Gasteiger partial charge is 0.387 e. The molecule has 1 amide bonds. The fourth-order valence-electron chi connectivity index (χ4n) is 3.28. The minimum atomic E-state index is -0.532. The van der Waals surface area contributed by atoms with Gasteiger partial charge in [0.25, 0.3) is 0 Å². The SMILES string of the molecule is CCC[C@@H](O)c1cc(C)c(-c2cc3cnc(NC(=O)C4CC4)cc3cn2)cn1. The molecule has 0 bridgehead atoms. The molecule has 4 rings (SSSR count). The van der Waals surface area contributed by atoms with Gasteiger partial charge in [0.1, 0.15) is 5.82 Å². The summed E-state index contributed by atoms with van der Waals surface area (Å²) in [4.78, 5) is 25.3. The molecule has 1 saturated carbocycles. The molecule has 6 nitrogen and oxygen atoms in total. The maximum absolute atomic E-state index is 11.9. The zero-order chi connectivity index (χ0) is 19.7. The number of rotatable bonds is 6. The van der Waals surface area contributed by atoms with Gasteiger partial charge in [-0.2, -0.15) is 0 Å². The number of carbonyl (C=O) groups is 1. The van der Waals surface area contributed by atoms with Gasteiger partial charge in [-0.1, -0.05) is 13.3 Å². The monoisotopic (exact) mass is 376 g/mol. The van der Waals surface area contributed by atoms with E-state index in [1.54, 1.807) is 18.6 Å². The van der Waals surface area contributed by atoms with Crippen molar-refractivity contribution in [1.82, 2.24) is 15.0 Å². The first-order chi connectivity index (χ1) is 13.5. The Morgan fingerprint density at radius 3 is 2.61 bits per heavy atom. The predicted molar refractivity (Wildman–Crippen MR) is 109 cm³/mol. The number of fused-ring (bicyclic) bond motifs is 1. The molecule has 2 N–H and O–H groups in total. The van der Waals surface area contributed by atoms with Crippen LogP contribution in [0.3, 0.4) is 0 Å². The molecule has 6 heteroatoms. The molecule has 0 aromatic carbocycles. The van der Waals surface area contributed by atoms with E-state index < -0.39 is 6.10 Å². The Balaban J connectivity index is 1.59. The number of carbonyl (C=O) groups excluding carboxylic acids is 1. The van der Waals surface area contributed by atoms with Crippen molar-refractivity contribution in [2.75, 3.05) is 5.32 Å². The van der Waals surface area contributed by atoms with E-state index in [4.69, 9.17) is 0 Å². The molecule has 3 heterocycles. The number of aryl methyl sites for hydroxylation is 1. The number of nitrogens with zero attached hydrogens (tertiary/aromatic N) is 3. The van der Waals surface area contributed by atoms with E-state index in [9.17, 15) is 9.90 Å². The number of hydrogen-bond acceptors (Lipinski definition) is 5. The lowest BCUT2D eigenvalue weighted by molar-refractivity contribution is -0.117. The van der Waals surface area contributed by atoms with Crippen molar-refractivity contribution >= 4 is 22.5 Å². The number of aliphatic hydroxyl groups is 1. The van der Waals surface area contributed by atoms with Crippen molar-refractivity contribution in [3.8, 4) is 11.3 Å². The smallest absolute Gasteiger partial charge is 0.228 e. The lowest BCUT2D eigenvalue weighted by Crippen LogP contribution is -2.14. The highest BCUT2D eigenvalue weighted by atomic mass is 16.3. The molecule has 0 unspecified atom stereocenters. The fraction of sp³-hybridized carbons (Fsp3) is 0.364. The molecule has 0 saturated heterocycles. The van der Waals surface area contributed by atoms with Gasteiger partial charge < -0.3 is 10.4 Å². The van der Waals surface area contributed by atoms with Crippen LogP contribution in [-0.2, 0) is 4.79 Å². The summed E-state index contributed by atoms with van der Waals surface area (Å²) in [6.07, 6.45) is 8.32. The highest BCUT2D eigenvalue weighted by Gasteiger charge is 2.29. The van der Waals surface area contributed by atoms with Gasteiger partial charge in [-0.3, -0.25) is 14.8 Å². The van der Waals surface area contributed by atoms with E-state index in [2.05, 4.69) is 20.3 Å². The lowest BCUT2D eigenvalue weighted by atomic mass is 10.0. The molecule has 144 valence electrons. The minimum absolute atomic E-state index is 0.0449. The van der Waals surface area contributed by atoms with E-state index in [0.29, 0.717) is 17.9 Å². The van der Waals surface area contributed by atoms with E-state index in [0.717, 1.165) is 46.9 Å². The van der Waals surface area contributed by atoms with Crippen molar-refractivity contribution in [3.05, 3.63) is 48.0 Å². The van der Waals surface area contributed by atoms with E-state index in [1.807, 2.05) is 32.0 Å². The van der Waals surface area contributed by atoms with Gasteiger partial charge in [0.05, 0.1) is 17.5 Å². The molecular weight excluding hydrogens is 352 g/mol. The molecule has 0 spiro atoms. The topological polar surface area (TPSA) is 88.0 Å². The number of nitrogens with one attached hydrogen (secondary N) is 1. The van der Waals surface area contributed by atoms with Crippen LogP contribution in [-0.4, -0.2) is 26.0 Å². The number of hydrogen-bond donors (Lipinski definition) is 2. The second-order valence-corrected chi connectivity index (χ2v) is 7.48. The minimum Gasteiger partial charge on any atom is -0.387 e. The van der Waals surface area contributed by atoms with Crippen molar-refractivity contribution in [2.45, 2.75) is 45.6 Å². The van der Waals surface area contributed by atoms with Gasteiger partial charge >= 0.3 is 0 Å². The number of amides is 1. The van der Waals surface area contributed by atoms with Gasteiger partial charge in [-0.05, 0) is 49.9 Å². The van der Waals surface area contributed by atoms with Crippen LogP contribution in [0.5, 0.6) is 0 Å². The Bertz CT molecular complexity index is 1030. The highest BCUT2D eigenvalue weighted by molar-refractivity contribution is 5.95. The number of pyridine rings is 3. The summed E-state index contributed by atoms with van der Waals surface area (Å²) >= 11 is 0. The molecule has 1 aliphatic rings. The Labute approximate surface area is 164 Å². The number of aromatic nitrogens is 3. The van der Waals surface area contributed by atoms with Crippen LogP contribution >= 0.6 is 0 Å². The number of aliphatic hydroxyl groups excluding tert-OH is 1. The first-order valence-corrected chi connectivity index (χ1v) is 9.77. The van der Waals surface area contributed by atoms with E-state index in [1.165, 1.54) is 0 Å². The summed E-state index contributed by atoms with van der Waals surface area (Å²) in [6.45, 7) is 4.04. The van der Waals surface area contributed by atoms with Gasteiger partial charge in [-0.25, -0.2) is 4.98 Å². The number of anilines is 1. The maximum atomic E-state index is 11.9. The molecule has 28 heavy (non-hydrogen) atoms. The molecule has 0 radical (unpaired) electrons. The van der Waals surface area contributed by atoms with Crippen LogP contribution in [0.2, 0.25) is 0 Å². The molecule has 1 aliphatic carbocycles. The first kappa shape index (κ1) is 18.5. The fourth-order valence-corrected chi connectivity index (χ4v) is 3.28. The Kier molecular flexibility index (Phi) is 5.05. The second kappa shape index (κ2) is 7.64. The van der Waals surface area contributed by atoms with Gasteiger partial charge in [0.15, 0.2) is 0 Å². The van der Waals surface area contributed by atoms with Crippen LogP contribution in [0.1, 0.15) is 50.0 Å². The highest BCUT2D eigenvalue weighted by Crippen LogP contribution is 2.31. The molecular formula is C22H24N4O2. The molecule has 0 aliphatic heterocycles. The Morgan fingerprint density at radius 2 is 1.89 bits per heavy atom. The summed E-state index contributed by atoms with van der Waals surface area (Å²) in [5, 5.41) is 14.9. The summed E-state index contributed by atoms with van der Waals surface area (Å²) in [7, 11) is 0. The van der Waals surface area contributed by atoms with Crippen molar-refractivity contribution < 1.29 is 9.90 Å². The van der Waals surface area contributed by atoms with Crippen molar-refractivity contribution in [2.24, 2.45) is 5.92 Å². The van der Waals surface area contributed by atoms with E-state index in [-0.39, 0.29) is 11.8 Å².